The fourth-order valence-corrected chi connectivity index (χ4v) is 14.5. The lowest BCUT2D eigenvalue weighted by Gasteiger charge is -2.21. The molecule has 0 heterocycles. The maximum Gasteiger partial charge on any atom is 0.472 e. The van der Waals surface area contributed by atoms with Gasteiger partial charge in [0.2, 0.25) is 0 Å². The molecule has 606 valence electrons. The number of aliphatic hydroxyl groups excluding tert-OH is 1. The average molecular weight is 1490 g/mol. The van der Waals surface area contributed by atoms with Gasteiger partial charge in [-0.25, -0.2) is 9.13 Å². The molecule has 2 unspecified atom stereocenters. The molecule has 0 aromatic rings. The number of esters is 4. The molecule has 5 atom stereocenters. The smallest absolute Gasteiger partial charge is 0.462 e. The van der Waals surface area contributed by atoms with Gasteiger partial charge < -0.3 is 33.8 Å². The Hall–Kier alpha value is -1.94. The van der Waals surface area contributed by atoms with Gasteiger partial charge in [0.05, 0.1) is 26.4 Å². The summed E-state index contributed by atoms with van der Waals surface area (Å²) in [6.45, 7) is 9.44. The van der Waals surface area contributed by atoms with Crippen LogP contribution >= 0.6 is 15.6 Å². The predicted octanol–water partition coefficient (Wildman–Crippen LogP) is 25.1. The van der Waals surface area contributed by atoms with Crippen molar-refractivity contribution in [3.8, 4) is 0 Å². The molecule has 0 spiro atoms. The minimum atomic E-state index is -4.96. The van der Waals surface area contributed by atoms with E-state index in [0.717, 1.165) is 96.3 Å². The van der Waals surface area contributed by atoms with E-state index in [2.05, 4.69) is 41.5 Å². The van der Waals surface area contributed by atoms with Gasteiger partial charge in [-0.2, -0.15) is 0 Å². The summed E-state index contributed by atoms with van der Waals surface area (Å²) in [5, 5.41) is 10.6. The molecule has 102 heavy (non-hydrogen) atoms. The average Bonchev–Trinajstić information content (AvgIpc) is 0.988. The Morgan fingerprint density at radius 1 is 0.265 bits per heavy atom. The van der Waals surface area contributed by atoms with Crippen molar-refractivity contribution in [1.82, 2.24) is 0 Å². The Morgan fingerprint density at radius 2 is 0.451 bits per heavy atom. The molecular weight excluding hydrogens is 1330 g/mol. The standard InChI is InChI=1S/C83H162O17P2/c1-7-9-11-13-15-17-19-21-23-25-27-29-31-33-35-37-39-41-43-45-53-59-65-80(85)93-71-78(99-82(87)67-61-55-46-44-42-40-38-36-34-32-30-28-26-24-22-20-18-16-14-12-10-8-2)73-97-101(89,90)95-69-77(84)70-96-102(91,92)98-74-79(100-83(88)68-62-56-50-48-52-58-64-76(5)6)72-94-81(86)66-60-54-49-47-51-57-63-75(3)4/h75-79,84H,7-74H2,1-6H3,(H,89,90)(H,91,92)/t77-,78-,79-/m1/s1. The summed E-state index contributed by atoms with van der Waals surface area (Å²) in [6.07, 6.45) is 66.1. The lowest BCUT2D eigenvalue weighted by Crippen LogP contribution is -2.30. The van der Waals surface area contributed by atoms with Crippen LogP contribution in [0.2, 0.25) is 0 Å². The molecule has 0 rings (SSSR count). The predicted molar refractivity (Wildman–Crippen MR) is 418 cm³/mol. The van der Waals surface area contributed by atoms with Crippen molar-refractivity contribution in [3.05, 3.63) is 0 Å². The Labute approximate surface area is 626 Å². The number of phosphoric acid groups is 2. The van der Waals surface area contributed by atoms with E-state index < -0.39 is 97.5 Å². The van der Waals surface area contributed by atoms with Crippen LogP contribution in [0.15, 0.2) is 0 Å². The van der Waals surface area contributed by atoms with Crippen LogP contribution in [0.1, 0.15) is 440 Å². The number of carbonyl (C=O) groups excluding carboxylic acids is 4. The Kier molecular flexibility index (Phi) is 73.1. The van der Waals surface area contributed by atoms with Crippen molar-refractivity contribution in [2.24, 2.45) is 11.8 Å². The van der Waals surface area contributed by atoms with Gasteiger partial charge >= 0.3 is 39.5 Å². The van der Waals surface area contributed by atoms with Gasteiger partial charge in [0.1, 0.15) is 19.3 Å². The van der Waals surface area contributed by atoms with Crippen molar-refractivity contribution in [2.45, 2.75) is 458 Å². The maximum atomic E-state index is 13.1. The molecule has 19 heteroatoms. The molecule has 0 aliphatic rings. The van der Waals surface area contributed by atoms with Crippen molar-refractivity contribution < 1.29 is 80.2 Å². The van der Waals surface area contributed by atoms with Crippen LogP contribution in [0.3, 0.4) is 0 Å². The zero-order valence-electron chi connectivity index (χ0n) is 66.9. The molecule has 3 N–H and O–H groups in total. The summed E-state index contributed by atoms with van der Waals surface area (Å²) in [4.78, 5) is 72.9. The number of hydrogen-bond acceptors (Lipinski definition) is 15. The topological polar surface area (TPSA) is 237 Å². The first-order chi connectivity index (χ1) is 49.4. The number of rotatable bonds is 82. The molecule has 0 radical (unpaired) electrons. The van der Waals surface area contributed by atoms with Gasteiger partial charge in [0.25, 0.3) is 0 Å². The van der Waals surface area contributed by atoms with E-state index in [1.807, 2.05) is 0 Å². The van der Waals surface area contributed by atoms with E-state index in [0.29, 0.717) is 37.5 Å². The van der Waals surface area contributed by atoms with Crippen molar-refractivity contribution in [3.63, 3.8) is 0 Å². The van der Waals surface area contributed by atoms with Gasteiger partial charge in [-0.3, -0.25) is 37.3 Å². The summed E-state index contributed by atoms with van der Waals surface area (Å²) in [7, 11) is -9.92. The number of hydrogen-bond donors (Lipinski definition) is 3. The normalized spacial score (nSPS) is 13.9. The van der Waals surface area contributed by atoms with Crippen LogP contribution in [-0.4, -0.2) is 96.7 Å². The Bertz CT molecular complexity index is 1960. The highest BCUT2D eigenvalue weighted by atomic mass is 31.2. The second-order valence-electron chi connectivity index (χ2n) is 30.8. The van der Waals surface area contributed by atoms with E-state index in [-0.39, 0.29) is 25.7 Å². The molecule has 0 aliphatic heterocycles. The highest BCUT2D eigenvalue weighted by Gasteiger charge is 2.30. The van der Waals surface area contributed by atoms with Crippen LogP contribution in [0.5, 0.6) is 0 Å². The van der Waals surface area contributed by atoms with Crippen molar-refractivity contribution in [2.75, 3.05) is 39.6 Å². The van der Waals surface area contributed by atoms with Gasteiger partial charge in [-0.1, -0.05) is 388 Å². The summed E-state index contributed by atoms with van der Waals surface area (Å²) < 4.78 is 68.6. The van der Waals surface area contributed by atoms with Crippen molar-refractivity contribution >= 4 is 39.5 Å². The number of aliphatic hydroxyl groups is 1. The third-order valence-electron chi connectivity index (χ3n) is 19.5. The number of phosphoric ester groups is 2. The Morgan fingerprint density at radius 3 is 0.667 bits per heavy atom. The summed E-state index contributed by atoms with van der Waals surface area (Å²) in [5.41, 5.74) is 0. The highest BCUT2D eigenvalue weighted by molar-refractivity contribution is 7.47. The van der Waals surface area contributed by atoms with Crippen LogP contribution in [0.25, 0.3) is 0 Å². The van der Waals surface area contributed by atoms with Gasteiger partial charge in [0.15, 0.2) is 12.2 Å². The molecule has 0 aromatic heterocycles. The first kappa shape index (κ1) is 100. The van der Waals surface area contributed by atoms with Crippen LogP contribution in [-0.2, 0) is 65.4 Å². The second-order valence-corrected chi connectivity index (χ2v) is 33.7. The summed E-state index contributed by atoms with van der Waals surface area (Å²) in [5.74, 6) is -0.769. The first-order valence-corrected chi connectivity index (χ1v) is 46.0. The van der Waals surface area contributed by atoms with Gasteiger partial charge in [-0.15, -0.1) is 0 Å². The molecule has 0 saturated heterocycles. The highest BCUT2D eigenvalue weighted by Crippen LogP contribution is 2.45. The largest absolute Gasteiger partial charge is 0.472 e. The molecule has 0 aliphatic carbocycles. The number of ether oxygens (including phenoxy) is 4. The minimum absolute atomic E-state index is 0.101. The van der Waals surface area contributed by atoms with E-state index in [4.69, 9.17) is 37.0 Å². The number of unbranched alkanes of at least 4 members (excludes halogenated alkanes) is 52. The van der Waals surface area contributed by atoms with Gasteiger partial charge in [0, 0.05) is 25.7 Å². The van der Waals surface area contributed by atoms with Crippen molar-refractivity contribution in [1.29, 1.82) is 0 Å². The van der Waals surface area contributed by atoms with Crippen LogP contribution < -0.4 is 0 Å². The first-order valence-electron chi connectivity index (χ1n) is 43.0. The van der Waals surface area contributed by atoms with E-state index in [1.54, 1.807) is 0 Å². The molecule has 0 fully saturated rings. The molecule has 0 bridgehead atoms. The lowest BCUT2D eigenvalue weighted by atomic mass is 10.0. The number of carbonyl (C=O) groups is 4. The zero-order chi connectivity index (χ0) is 74.9. The fourth-order valence-electron chi connectivity index (χ4n) is 12.9. The molecule has 17 nitrogen and oxygen atoms in total. The summed E-state index contributed by atoms with van der Waals surface area (Å²) in [6, 6.07) is 0. The Balaban J connectivity index is 5.13. The zero-order valence-corrected chi connectivity index (χ0v) is 68.7. The minimum Gasteiger partial charge on any atom is -0.462 e. The van der Waals surface area contributed by atoms with Crippen LogP contribution in [0, 0.1) is 11.8 Å². The fraction of sp³-hybridized carbons (Fsp3) is 0.952. The third kappa shape index (κ3) is 76.3. The maximum absolute atomic E-state index is 13.1. The third-order valence-corrected chi connectivity index (χ3v) is 21.4. The monoisotopic (exact) mass is 1490 g/mol. The molecule has 0 amide bonds. The van der Waals surface area contributed by atoms with Gasteiger partial charge in [-0.05, 0) is 37.5 Å². The lowest BCUT2D eigenvalue weighted by molar-refractivity contribution is -0.161. The molecular formula is C83H162O17P2. The SMILES string of the molecule is CCCCCCCCCCCCCCCCCCCCCCCCC(=O)OC[C@H](COP(=O)(O)OC[C@@H](O)COP(=O)(O)OC[C@@H](COC(=O)CCCCCCCCC(C)C)OC(=O)CCCCCCCCC(C)C)OC(=O)CCCCCCCCCCCCCCCCCCCCCCCC. The van der Waals surface area contributed by atoms with E-state index >= 15 is 0 Å². The molecule has 0 saturated carbocycles. The van der Waals surface area contributed by atoms with E-state index in [9.17, 15) is 43.2 Å². The van der Waals surface area contributed by atoms with Crippen LogP contribution in [0.4, 0.5) is 0 Å². The molecule has 0 aromatic carbocycles. The quantitative estimate of drug-likeness (QED) is 0.0222. The van der Waals surface area contributed by atoms with E-state index in [1.165, 1.54) is 250 Å². The summed E-state index contributed by atoms with van der Waals surface area (Å²) >= 11 is 0. The second kappa shape index (κ2) is 74.5.